The predicted molar refractivity (Wildman–Crippen MR) is 130 cm³/mol. The maximum absolute atomic E-state index is 13.5. The Hall–Kier alpha value is -4.01. The second kappa shape index (κ2) is 6.56. The van der Waals surface area contributed by atoms with Crippen LogP contribution in [0.1, 0.15) is 41.0 Å². The van der Waals surface area contributed by atoms with Crippen LogP contribution >= 0.6 is 0 Å². The third-order valence-corrected chi connectivity index (χ3v) is 7.42. The number of hydrogen-bond donors (Lipinski definition) is 3. The Morgan fingerprint density at radius 1 is 0.971 bits per heavy atom. The van der Waals surface area contributed by atoms with Crippen LogP contribution in [-0.2, 0) is 15.3 Å². The Labute approximate surface area is 198 Å². The number of carbonyl (C=O) groups excluding carboxylic acids is 3. The first-order valence-electron chi connectivity index (χ1n) is 11.6. The summed E-state index contributed by atoms with van der Waals surface area (Å²) in [7, 11) is 0. The molecule has 0 saturated carbocycles. The van der Waals surface area contributed by atoms with Gasteiger partial charge < -0.3 is 19.4 Å². The molecule has 1 fully saturated rings. The minimum atomic E-state index is -1.53. The summed E-state index contributed by atoms with van der Waals surface area (Å²) in [5, 5.41) is 15.8. The Bertz CT molecular complexity index is 1800. The summed E-state index contributed by atoms with van der Waals surface area (Å²) in [6.07, 6.45) is -1.35. The van der Waals surface area contributed by atoms with Crippen molar-refractivity contribution < 1.29 is 24.2 Å². The van der Waals surface area contributed by atoms with Crippen molar-refractivity contribution in [3.8, 4) is 0 Å². The van der Waals surface area contributed by atoms with E-state index in [0.29, 0.717) is 32.9 Å². The van der Waals surface area contributed by atoms with Crippen molar-refractivity contribution in [2.75, 3.05) is 0 Å². The molecule has 8 nitrogen and oxygen atoms in total. The summed E-state index contributed by atoms with van der Waals surface area (Å²) in [4.78, 5) is 43.2. The number of fused-ring (bicyclic) bond motifs is 10. The number of aliphatic hydroxyl groups is 1. The molecule has 7 rings (SSSR count). The number of benzene rings is 3. The van der Waals surface area contributed by atoms with Crippen molar-refractivity contribution >= 4 is 61.2 Å². The molecular formula is C27H21N3O5. The van der Waals surface area contributed by atoms with Gasteiger partial charge in [-0.15, -0.1) is 0 Å². The van der Waals surface area contributed by atoms with Gasteiger partial charge in [-0.1, -0.05) is 36.4 Å². The van der Waals surface area contributed by atoms with Crippen LogP contribution in [-0.4, -0.2) is 44.5 Å². The number of aromatic nitrogens is 2. The number of para-hydroxylation sites is 2. The molecule has 0 radical (unpaired) electrons. The molecule has 174 valence electrons. The zero-order valence-electron chi connectivity index (χ0n) is 19.0. The van der Waals surface area contributed by atoms with Gasteiger partial charge in [0.15, 0.2) is 0 Å². The number of carbonyl (C=O) groups is 3. The van der Waals surface area contributed by atoms with E-state index in [4.69, 9.17) is 4.74 Å². The fraction of sp³-hybridized carbons (Fsp3) is 0.222. The lowest BCUT2D eigenvalue weighted by atomic mass is 9.94. The van der Waals surface area contributed by atoms with Crippen LogP contribution in [0.4, 0.5) is 0 Å². The summed E-state index contributed by atoms with van der Waals surface area (Å²) in [5.41, 5.74) is 1.76. The van der Waals surface area contributed by atoms with Crippen molar-refractivity contribution in [1.82, 2.24) is 14.9 Å². The highest BCUT2D eigenvalue weighted by molar-refractivity contribution is 6.39. The zero-order chi connectivity index (χ0) is 24.2. The molecule has 0 aliphatic carbocycles. The minimum absolute atomic E-state index is 0.208. The number of Topliss-reactive ketones (excluding diaryl/α,β-unsaturated/α-hetero) is 1. The van der Waals surface area contributed by atoms with E-state index in [0.717, 1.165) is 16.3 Å². The van der Waals surface area contributed by atoms with Gasteiger partial charge in [-0.3, -0.25) is 19.7 Å². The molecule has 1 saturated heterocycles. The Morgan fingerprint density at radius 2 is 1.63 bits per heavy atom. The lowest BCUT2D eigenvalue weighted by Gasteiger charge is -2.40. The highest BCUT2D eigenvalue weighted by Crippen LogP contribution is 2.46. The van der Waals surface area contributed by atoms with E-state index in [1.165, 1.54) is 0 Å². The number of nitrogens with one attached hydrogen (secondary N) is 2. The molecule has 3 atom stereocenters. The van der Waals surface area contributed by atoms with E-state index >= 15 is 0 Å². The molecule has 2 aromatic heterocycles. The molecule has 2 aliphatic heterocycles. The van der Waals surface area contributed by atoms with Crippen LogP contribution in [0.15, 0.2) is 48.5 Å². The largest absolute Gasteiger partial charge is 0.385 e. The average molecular weight is 467 g/mol. The second-order valence-corrected chi connectivity index (χ2v) is 9.56. The summed E-state index contributed by atoms with van der Waals surface area (Å²) in [5.74, 6) is -1.37. The molecule has 35 heavy (non-hydrogen) atoms. The predicted octanol–water partition coefficient (Wildman–Crippen LogP) is 3.72. The van der Waals surface area contributed by atoms with E-state index in [1.807, 2.05) is 55.5 Å². The van der Waals surface area contributed by atoms with Crippen molar-refractivity contribution in [1.29, 1.82) is 0 Å². The van der Waals surface area contributed by atoms with Gasteiger partial charge in [0.05, 0.1) is 33.8 Å². The number of imide groups is 1. The fourth-order valence-corrected chi connectivity index (χ4v) is 6.08. The topological polar surface area (TPSA) is 113 Å². The number of ketones is 1. The standard InChI is InChI=1S/C27H21N3O5/c1-12-11-17(31)24(32)27(2,35-12)30-16-10-6-4-8-14(16)19-21-20(25(33)29-26(21)34)18-13-7-3-5-9-15(13)28-22(18)23(19)30/h3-10,12,17,28,31H,11H2,1-2H3,(H,29,33,34)/t12-,17+,27-/m0/s1. The first kappa shape index (κ1) is 20.4. The molecule has 8 heteroatoms. The van der Waals surface area contributed by atoms with Gasteiger partial charge in [-0.2, -0.15) is 0 Å². The van der Waals surface area contributed by atoms with Crippen LogP contribution < -0.4 is 5.32 Å². The van der Waals surface area contributed by atoms with Gasteiger partial charge in [0, 0.05) is 33.5 Å². The first-order valence-corrected chi connectivity index (χ1v) is 11.6. The van der Waals surface area contributed by atoms with Gasteiger partial charge in [-0.05, 0) is 26.0 Å². The number of ether oxygens (including phenoxy) is 1. The Morgan fingerprint density at radius 3 is 2.40 bits per heavy atom. The van der Waals surface area contributed by atoms with Crippen molar-refractivity contribution in [3.63, 3.8) is 0 Å². The summed E-state index contributed by atoms with van der Waals surface area (Å²) < 4.78 is 8.06. The fourth-order valence-electron chi connectivity index (χ4n) is 6.08. The van der Waals surface area contributed by atoms with Gasteiger partial charge in [0.1, 0.15) is 6.10 Å². The maximum Gasteiger partial charge on any atom is 0.259 e. The van der Waals surface area contributed by atoms with Crippen molar-refractivity contribution in [2.45, 2.75) is 38.2 Å². The van der Waals surface area contributed by atoms with E-state index < -0.39 is 29.4 Å². The molecule has 0 bridgehead atoms. The molecule has 3 N–H and O–H groups in total. The lowest BCUT2D eigenvalue weighted by molar-refractivity contribution is -0.193. The molecule has 2 aliphatic rings. The Kier molecular flexibility index (Phi) is 3.82. The van der Waals surface area contributed by atoms with Gasteiger partial charge >= 0.3 is 0 Å². The monoisotopic (exact) mass is 467 g/mol. The molecule has 0 spiro atoms. The summed E-state index contributed by atoms with van der Waals surface area (Å²) >= 11 is 0. The van der Waals surface area contributed by atoms with Gasteiger partial charge in [0.25, 0.3) is 11.8 Å². The normalized spacial score (nSPS) is 24.7. The smallest absolute Gasteiger partial charge is 0.259 e. The van der Waals surface area contributed by atoms with Crippen LogP contribution in [0.25, 0.3) is 43.6 Å². The van der Waals surface area contributed by atoms with E-state index in [2.05, 4.69) is 10.3 Å². The molecule has 3 aromatic carbocycles. The van der Waals surface area contributed by atoms with E-state index in [-0.39, 0.29) is 18.1 Å². The average Bonchev–Trinajstić information content (AvgIpc) is 3.46. The second-order valence-electron chi connectivity index (χ2n) is 9.56. The molecular weight excluding hydrogens is 446 g/mol. The van der Waals surface area contributed by atoms with Gasteiger partial charge in [-0.25, -0.2) is 0 Å². The first-order chi connectivity index (χ1) is 16.8. The van der Waals surface area contributed by atoms with Gasteiger partial charge in [0.2, 0.25) is 11.5 Å². The number of amides is 2. The number of rotatable bonds is 1. The molecule has 4 heterocycles. The van der Waals surface area contributed by atoms with Crippen LogP contribution in [0.5, 0.6) is 0 Å². The van der Waals surface area contributed by atoms with Crippen LogP contribution in [0, 0.1) is 0 Å². The van der Waals surface area contributed by atoms with Crippen molar-refractivity contribution in [3.05, 3.63) is 59.7 Å². The number of hydrogen-bond acceptors (Lipinski definition) is 5. The molecule has 5 aromatic rings. The highest BCUT2D eigenvalue weighted by Gasteiger charge is 2.48. The summed E-state index contributed by atoms with van der Waals surface area (Å²) in [6, 6.07) is 15.0. The van der Waals surface area contributed by atoms with Crippen LogP contribution in [0.2, 0.25) is 0 Å². The SMILES string of the molecule is C[C@H]1C[C@@H](O)C(=O)[C@@](C)(n2c3ccccc3c3c4c(c5c6ccccc6[nH]c5c32)C(=O)NC4=O)O1. The lowest BCUT2D eigenvalue weighted by Crippen LogP contribution is -2.53. The van der Waals surface area contributed by atoms with E-state index in [9.17, 15) is 19.5 Å². The molecule has 0 unspecified atom stereocenters. The minimum Gasteiger partial charge on any atom is -0.385 e. The zero-order valence-corrected chi connectivity index (χ0v) is 19.0. The third-order valence-electron chi connectivity index (χ3n) is 7.42. The van der Waals surface area contributed by atoms with E-state index in [1.54, 1.807) is 11.5 Å². The Balaban J connectivity index is 1.79. The number of aliphatic hydroxyl groups excluding tert-OH is 1. The quantitative estimate of drug-likeness (QED) is 0.325. The van der Waals surface area contributed by atoms with Crippen molar-refractivity contribution in [2.24, 2.45) is 0 Å². The molecule has 2 amide bonds. The maximum atomic E-state index is 13.5. The third kappa shape index (κ3) is 2.40. The highest BCUT2D eigenvalue weighted by atomic mass is 16.5. The summed E-state index contributed by atoms with van der Waals surface area (Å²) in [6.45, 7) is 3.48. The number of nitrogens with zero attached hydrogens (tertiary/aromatic N) is 1. The number of aromatic amines is 1. The number of H-pyrrole nitrogens is 1. The van der Waals surface area contributed by atoms with Crippen LogP contribution in [0.3, 0.4) is 0 Å².